The van der Waals surface area contributed by atoms with Crippen LogP contribution >= 0.6 is 0 Å². The summed E-state index contributed by atoms with van der Waals surface area (Å²) in [4.78, 5) is 29.3. The fourth-order valence-electron chi connectivity index (χ4n) is 4.12. The van der Waals surface area contributed by atoms with Crippen molar-refractivity contribution < 1.29 is 14.3 Å². The average Bonchev–Trinajstić information content (AvgIpc) is 3.30. The summed E-state index contributed by atoms with van der Waals surface area (Å²) in [6, 6.07) is 25.0. The van der Waals surface area contributed by atoms with Gasteiger partial charge in [-0.1, -0.05) is 48.0 Å². The molecule has 0 bridgehead atoms. The van der Waals surface area contributed by atoms with E-state index >= 15 is 0 Å². The van der Waals surface area contributed by atoms with E-state index in [1.807, 2.05) is 85.8 Å². The minimum atomic E-state index is -0.151. The number of likely N-dealkylation sites (tertiary alicyclic amines) is 1. The number of anilines is 1. The topological polar surface area (TPSA) is 87.9 Å². The summed E-state index contributed by atoms with van der Waals surface area (Å²) in [7, 11) is 0. The van der Waals surface area contributed by atoms with E-state index in [-0.39, 0.29) is 30.9 Å². The van der Waals surface area contributed by atoms with Crippen molar-refractivity contribution in [3.63, 3.8) is 0 Å². The van der Waals surface area contributed by atoms with Crippen LogP contribution in [0.4, 0.5) is 5.69 Å². The van der Waals surface area contributed by atoms with Crippen LogP contribution in [0.1, 0.15) is 17.5 Å². The first-order valence-electron chi connectivity index (χ1n) is 11.9. The van der Waals surface area contributed by atoms with Crippen molar-refractivity contribution in [3.8, 4) is 11.5 Å². The maximum atomic E-state index is 13.0. The molecule has 1 atom stereocenters. The lowest BCUT2D eigenvalue weighted by atomic mass is 10.1. The highest BCUT2D eigenvalue weighted by Crippen LogP contribution is 2.24. The Kier molecular flexibility index (Phi) is 8.00. The minimum absolute atomic E-state index is 0.0134. The van der Waals surface area contributed by atoms with Gasteiger partial charge in [0.1, 0.15) is 11.5 Å². The molecule has 182 valence electrons. The van der Waals surface area contributed by atoms with Crippen LogP contribution in [0, 0.1) is 6.92 Å². The number of amides is 2. The fraction of sp³-hybridized carbons (Fsp3) is 0.286. The molecule has 35 heavy (non-hydrogen) atoms. The molecular weight excluding hydrogens is 440 g/mol. The largest absolute Gasteiger partial charge is 0.457 e. The molecule has 0 spiro atoms. The van der Waals surface area contributed by atoms with Crippen molar-refractivity contribution in [2.45, 2.75) is 25.9 Å². The second kappa shape index (κ2) is 11.5. The third kappa shape index (κ3) is 7.07. The van der Waals surface area contributed by atoms with E-state index < -0.39 is 0 Å². The number of nitrogens with one attached hydrogen (secondary N) is 1. The van der Waals surface area contributed by atoms with Gasteiger partial charge in [0.15, 0.2) is 0 Å². The number of aryl methyl sites for hydroxylation is 1. The Hall–Kier alpha value is -3.84. The molecule has 1 aliphatic heterocycles. The Bertz CT molecular complexity index is 1130. The average molecular weight is 473 g/mol. The molecule has 3 N–H and O–H groups in total. The molecular formula is C28H32N4O3. The Labute approximate surface area is 206 Å². The predicted molar refractivity (Wildman–Crippen MR) is 137 cm³/mol. The number of nitrogens with zero attached hydrogens (tertiary/aromatic N) is 2. The monoisotopic (exact) mass is 472 g/mol. The summed E-state index contributed by atoms with van der Waals surface area (Å²) in [5.74, 6) is 1.24. The lowest BCUT2D eigenvalue weighted by Crippen LogP contribution is -2.44. The van der Waals surface area contributed by atoms with Crippen LogP contribution in [-0.4, -0.2) is 48.9 Å². The Morgan fingerprint density at radius 1 is 1.00 bits per heavy atom. The number of carbonyl (C=O) groups is 2. The van der Waals surface area contributed by atoms with Gasteiger partial charge in [-0.05, 0) is 55.3 Å². The van der Waals surface area contributed by atoms with Crippen LogP contribution in [0.15, 0.2) is 78.9 Å². The second-order valence-electron chi connectivity index (χ2n) is 8.92. The van der Waals surface area contributed by atoms with E-state index in [1.54, 1.807) is 9.80 Å². The second-order valence-corrected chi connectivity index (χ2v) is 8.92. The van der Waals surface area contributed by atoms with E-state index in [1.165, 1.54) is 0 Å². The first kappa shape index (κ1) is 24.3. The summed E-state index contributed by atoms with van der Waals surface area (Å²) in [6.07, 6.45) is 0.800. The number of ether oxygens (including phenoxy) is 1. The molecule has 7 heteroatoms. The zero-order chi connectivity index (χ0) is 24.6. The molecule has 1 unspecified atom stereocenters. The van der Waals surface area contributed by atoms with Gasteiger partial charge in [0.25, 0.3) is 0 Å². The summed E-state index contributed by atoms with van der Waals surface area (Å²) >= 11 is 0. The quantitative estimate of drug-likeness (QED) is 0.498. The van der Waals surface area contributed by atoms with Gasteiger partial charge >= 0.3 is 0 Å². The molecule has 3 aromatic carbocycles. The molecule has 4 rings (SSSR count). The zero-order valence-electron chi connectivity index (χ0n) is 20.0. The van der Waals surface area contributed by atoms with Crippen molar-refractivity contribution in [2.75, 3.05) is 31.1 Å². The van der Waals surface area contributed by atoms with Gasteiger partial charge in [0, 0.05) is 31.4 Å². The van der Waals surface area contributed by atoms with E-state index in [4.69, 9.17) is 10.5 Å². The van der Waals surface area contributed by atoms with E-state index in [0.717, 1.165) is 29.0 Å². The first-order chi connectivity index (χ1) is 17.0. The molecule has 0 aromatic heterocycles. The molecule has 1 fully saturated rings. The first-order valence-corrected chi connectivity index (χ1v) is 11.9. The number of carbonyl (C=O) groups excluding carboxylic acids is 2. The van der Waals surface area contributed by atoms with E-state index in [2.05, 4.69) is 5.32 Å². The number of hydrogen-bond acceptors (Lipinski definition) is 5. The van der Waals surface area contributed by atoms with Crippen LogP contribution in [0.2, 0.25) is 0 Å². The Morgan fingerprint density at radius 2 is 1.74 bits per heavy atom. The van der Waals surface area contributed by atoms with Crippen molar-refractivity contribution in [3.05, 3.63) is 90.0 Å². The molecule has 0 radical (unpaired) electrons. The predicted octanol–water partition coefficient (Wildman–Crippen LogP) is 3.47. The van der Waals surface area contributed by atoms with Crippen molar-refractivity contribution in [1.29, 1.82) is 0 Å². The highest BCUT2D eigenvalue weighted by Gasteiger charge is 2.26. The highest BCUT2D eigenvalue weighted by molar-refractivity contribution is 5.86. The van der Waals surface area contributed by atoms with Gasteiger partial charge in [-0.15, -0.1) is 0 Å². The minimum Gasteiger partial charge on any atom is -0.457 e. The normalized spacial score (nSPS) is 15.0. The smallest absolute Gasteiger partial charge is 0.242 e. The maximum absolute atomic E-state index is 13.0. The van der Waals surface area contributed by atoms with Crippen molar-refractivity contribution in [1.82, 2.24) is 10.2 Å². The summed E-state index contributed by atoms with van der Waals surface area (Å²) in [5.41, 5.74) is 8.94. The van der Waals surface area contributed by atoms with Gasteiger partial charge in [0.2, 0.25) is 11.8 Å². The third-order valence-corrected chi connectivity index (χ3v) is 5.99. The van der Waals surface area contributed by atoms with Gasteiger partial charge in [-0.25, -0.2) is 0 Å². The summed E-state index contributed by atoms with van der Waals surface area (Å²) in [6.45, 7) is 3.83. The standard InChI is InChI=1S/C28H32N4O3/c1-21-6-5-7-22(16-21)17-30-27(33)19-32(20-28(34)31-15-14-23(29)18-31)24-10-12-26(13-11-24)35-25-8-3-2-4-9-25/h2-13,16,23H,14-15,17-20,29H2,1H3,(H,30,33). The zero-order valence-corrected chi connectivity index (χ0v) is 20.0. The van der Waals surface area contributed by atoms with Gasteiger partial charge < -0.3 is 25.6 Å². The number of hydrogen-bond donors (Lipinski definition) is 2. The number of benzene rings is 3. The molecule has 1 aliphatic rings. The lowest BCUT2D eigenvalue weighted by molar-refractivity contribution is -0.128. The van der Waals surface area contributed by atoms with Crippen LogP contribution in [0.25, 0.3) is 0 Å². The Balaban J connectivity index is 1.44. The van der Waals surface area contributed by atoms with Crippen molar-refractivity contribution in [2.24, 2.45) is 5.73 Å². The Morgan fingerprint density at radius 3 is 2.43 bits per heavy atom. The lowest BCUT2D eigenvalue weighted by Gasteiger charge is -2.26. The molecule has 1 heterocycles. The van der Waals surface area contributed by atoms with Gasteiger partial charge in [0.05, 0.1) is 13.1 Å². The number of rotatable bonds is 9. The molecule has 7 nitrogen and oxygen atoms in total. The van der Waals surface area contributed by atoms with Crippen LogP contribution in [-0.2, 0) is 16.1 Å². The van der Waals surface area contributed by atoms with Gasteiger partial charge in [-0.3, -0.25) is 9.59 Å². The molecule has 1 saturated heterocycles. The highest BCUT2D eigenvalue weighted by atomic mass is 16.5. The maximum Gasteiger partial charge on any atom is 0.242 e. The number of para-hydroxylation sites is 1. The molecule has 0 saturated carbocycles. The SMILES string of the molecule is Cc1cccc(CNC(=O)CN(CC(=O)N2CCC(N)C2)c2ccc(Oc3ccccc3)cc2)c1. The van der Waals surface area contributed by atoms with E-state index in [0.29, 0.717) is 25.4 Å². The summed E-state index contributed by atoms with van der Waals surface area (Å²) in [5, 5.41) is 2.97. The molecule has 3 aromatic rings. The number of nitrogens with two attached hydrogens (primary N) is 1. The molecule has 2 amide bonds. The summed E-state index contributed by atoms with van der Waals surface area (Å²) < 4.78 is 5.88. The van der Waals surface area contributed by atoms with Gasteiger partial charge in [-0.2, -0.15) is 0 Å². The van der Waals surface area contributed by atoms with Crippen LogP contribution < -0.4 is 20.7 Å². The van der Waals surface area contributed by atoms with Crippen molar-refractivity contribution >= 4 is 17.5 Å². The fourth-order valence-corrected chi connectivity index (χ4v) is 4.12. The van der Waals surface area contributed by atoms with E-state index in [9.17, 15) is 9.59 Å². The van der Waals surface area contributed by atoms with Crippen LogP contribution in [0.3, 0.4) is 0 Å². The van der Waals surface area contributed by atoms with Crippen LogP contribution in [0.5, 0.6) is 11.5 Å². The molecule has 0 aliphatic carbocycles. The third-order valence-electron chi connectivity index (χ3n) is 5.99.